The van der Waals surface area contributed by atoms with E-state index < -0.39 is 0 Å². The SMILES string of the molecule is CCc1ccc(OCC(=O)Nc2ccc(N(C)C)nc2)cc1. The molecule has 2 aromatic rings. The van der Waals surface area contributed by atoms with Gasteiger partial charge in [-0.25, -0.2) is 4.98 Å². The average molecular weight is 299 g/mol. The lowest BCUT2D eigenvalue weighted by Crippen LogP contribution is -2.20. The Morgan fingerprint density at radius 1 is 1.18 bits per heavy atom. The van der Waals surface area contributed by atoms with E-state index >= 15 is 0 Å². The largest absolute Gasteiger partial charge is 0.484 e. The Kier molecular flexibility index (Phi) is 5.36. The van der Waals surface area contributed by atoms with E-state index in [1.807, 2.05) is 55.4 Å². The van der Waals surface area contributed by atoms with Crippen LogP contribution < -0.4 is 15.0 Å². The fraction of sp³-hybridized carbons (Fsp3) is 0.294. The summed E-state index contributed by atoms with van der Waals surface area (Å²) in [4.78, 5) is 18.0. The van der Waals surface area contributed by atoms with Crippen molar-refractivity contribution in [3.8, 4) is 5.75 Å². The molecule has 1 N–H and O–H groups in total. The van der Waals surface area contributed by atoms with Gasteiger partial charge < -0.3 is 15.0 Å². The highest BCUT2D eigenvalue weighted by atomic mass is 16.5. The quantitative estimate of drug-likeness (QED) is 0.891. The van der Waals surface area contributed by atoms with Gasteiger partial charge in [0.1, 0.15) is 11.6 Å². The van der Waals surface area contributed by atoms with Gasteiger partial charge in [0.15, 0.2) is 6.61 Å². The van der Waals surface area contributed by atoms with E-state index in [1.165, 1.54) is 5.56 Å². The van der Waals surface area contributed by atoms with Crippen molar-refractivity contribution < 1.29 is 9.53 Å². The molecular weight excluding hydrogens is 278 g/mol. The second-order valence-corrected chi connectivity index (χ2v) is 5.13. The van der Waals surface area contributed by atoms with Gasteiger partial charge in [-0.1, -0.05) is 19.1 Å². The number of amides is 1. The predicted octanol–water partition coefficient (Wildman–Crippen LogP) is 2.73. The van der Waals surface area contributed by atoms with E-state index in [1.54, 1.807) is 6.20 Å². The summed E-state index contributed by atoms with van der Waals surface area (Å²) in [5, 5.41) is 2.76. The van der Waals surface area contributed by atoms with E-state index in [0.29, 0.717) is 11.4 Å². The fourth-order valence-corrected chi connectivity index (χ4v) is 1.89. The zero-order chi connectivity index (χ0) is 15.9. The van der Waals surface area contributed by atoms with Crippen LogP contribution in [0.1, 0.15) is 12.5 Å². The molecule has 0 aliphatic carbocycles. The lowest BCUT2D eigenvalue weighted by molar-refractivity contribution is -0.118. The van der Waals surface area contributed by atoms with Gasteiger partial charge in [0, 0.05) is 14.1 Å². The maximum Gasteiger partial charge on any atom is 0.262 e. The molecule has 1 aromatic carbocycles. The third-order valence-corrected chi connectivity index (χ3v) is 3.19. The van der Waals surface area contributed by atoms with Crippen molar-refractivity contribution in [1.82, 2.24) is 4.98 Å². The summed E-state index contributed by atoms with van der Waals surface area (Å²) in [5.74, 6) is 1.32. The molecule has 0 aliphatic rings. The molecular formula is C17H21N3O2. The second kappa shape index (κ2) is 7.45. The van der Waals surface area contributed by atoms with Crippen LogP contribution in [0.3, 0.4) is 0 Å². The smallest absolute Gasteiger partial charge is 0.262 e. The van der Waals surface area contributed by atoms with Crippen LogP contribution in [-0.4, -0.2) is 31.6 Å². The first-order chi connectivity index (χ1) is 10.6. The highest BCUT2D eigenvalue weighted by Crippen LogP contribution is 2.14. The van der Waals surface area contributed by atoms with Crippen molar-refractivity contribution >= 4 is 17.4 Å². The van der Waals surface area contributed by atoms with Crippen molar-refractivity contribution in [2.24, 2.45) is 0 Å². The number of nitrogens with zero attached hydrogens (tertiary/aromatic N) is 2. The molecule has 0 fully saturated rings. The molecule has 0 aliphatic heterocycles. The Morgan fingerprint density at radius 3 is 2.45 bits per heavy atom. The van der Waals surface area contributed by atoms with Gasteiger partial charge in [-0.2, -0.15) is 0 Å². The van der Waals surface area contributed by atoms with Crippen molar-refractivity contribution in [3.63, 3.8) is 0 Å². The lowest BCUT2D eigenvalue weighted by atomic mass is 10.2. The number of aryl methyl sites for hydroxylation is 1. The van der Waals surface area contributed by atoms with Crippen molar-refractivity contribution in [2.75, 3.05) is 30.9 Å². The Hall–Kier alpha value is -2.56. The van der Waals surface area contributed by atoms with Crippen LogP contribution in [0.15, 0.2) is 42.6 Å². The number of hydrogen-bond donors (Lipinski definition) is 1. The molecule has 1 heterocycles. The summed E-state index contributed by atoms with van der Waals surface area (Å²) in [7, 11) is 3.83. The van der Waals surface area contributed by atoms with E-state index in [4.69, 9.17) is 4.74 Å². The summed E-state index contributed by atoms with van der Waals surface area (Å²) in [6.45, 7) is 2.07. The summed E-state index contributed by atoms with van der Waals surface area (Å²) >= 11 is 0. The highest BCUT2D eigenvalue weighted by Gasteiger charge is 2.05. The number of pyridine rings is 1. The average Bonchev–Trinajstić information content (AvgIpc) is 2.54. The van der Waals surface area contributed by atoms with Gasteiger partial charge in [-0.15, -0.1) is 0 Å². The molecule has 5 heteroatoms. The molecule has 0 radical (unpaired) electrons. The second-order valence-electron chi connectivity index (χ2n) is 5.13. The Bertz CT molecular complexity index is 607. The maximum absolute atomic E-state index is 11.9. The Morgan fingerprint density at radius 2 is 1.91 bits per heavy atom. The molecule has 22 heavy (non-hydrogen) atoms. The lowest BCUT2D eigenvalue weighted by Gasteiger charge is -2.12. The van der Waals surface area contributed by atoms with E-state index in [9.17, 15) is 4.79 Å². The number of rotatable bonds is 6. The molecule has 0 saturated carbocycles. The molecule has 5 nitrogen and oxygen atoms in total. The molecule has 0 bridgehead atoms. The maximum atomic E-state index is 11.9. The van der Waals surface area contributed by atoms with Crippen LogP contribution >= 0.6 is 0 Å². The number of carbonyl (C=O) groups excluding carboxylic acids is 1. The van der Waals surface area contributed by atoms with Crippen LogP contribution in [0.25, 0.3) is 0 Å². The summed E-state index contributed by atoms with van der Waals surface area (Å²) in [5.41, 5.74) is 1.89. The summed E-state index contributed by atoms with van der Waals surface area (Å²) in [6, 6.07) is 11.4. The normalized spacial score (nSPS) is 10.1. The number of nitrogens with one attached hydrogen (secondary N) is 1. The van der Waals surface area contributed by atoms with Crippen molar-refractivity contribution in [2.45, 2.75) is 13.3 Å². The van der Waals surface area contributed by atoms with E-state index in [0.717, 1.165) is 12.2 Å². The van der Waals surface area contributed by atoms with Gasteiger partial charge >= 0.3 is 0 Å². The Balaban J connectivity index is 1.84. The minimum Gasteiger partial charge on any atom is -0.484 e. The molecule has 0 unspecified atom stereocenters. The van der Waals surface area contributed by atoms with Crippen molar-refractivity contribution in [3.05, 3.63) is 48.2 Å². The van der Waals surface area contributed by atoms with Gasteiger partial charge in [-0.3, -0.25) is 4.79 Å². The number of hydrogen-bond acceptors (Lipinski definition) is 4. The van der Waals surface area contributed by atoms with Crippen LogP contribution in [-0.2, 0) is 11.2 Å². The summed E-state index contributed by atoms with van der Waals surface area (Å²) < 4.78 is 5.46. The monoisotopic (exact) mass is 299 g/mol. The van der Waals surface area contributed by atoms with Gasteiger partial charge in [0.05, 0.1) is 11.9 Å². The number of ether oxygens (including phenoxy) is 1. The zero-order valence-electron chi connectivity index (χ0n) is 13.2. The molecule has 0 saturated heterocycles. The van der Waals surface area contributed by atoms with Crippen LogP contribution in [0.5, 0.6) is 5.75 Å². The number of aromatic nitrogens is 1. The standard InChI is InChI=1S/C17H21N3O2/c1-4-13-5-8-15(9-6-13)22-12-17(21)19-14-7-10-16(18-11-14)20(2)3/h5-11H,4,12H2,1-3H3,(H,19,21). The topological polar surface area (TPSA) is 54.5 Å². The van der Waals surface area contributed by atoms with Gasteiger partial charge in [0.25, 0.3) is 5.91 Å². The first kappa shape index (κ1) is 15.8. The molecule has 0 atom stereocenters. The third kappa shape index (κ3) is 4.48. The number of benzene rings is 1. The zero-order valence-corrected chi connectivity index (χ0v) is 13.2. The minimum absolute atomic E-state index is 0.0269. The first-order valence-electron chi connectivity index (χ1n) is 7.23. The van der Waals surface area contributed by atoms with E-state index in [2.05, 4.69) is 17.2 Å². The molecule has 1 aromatic heterocycles. The van der Waals surface area contributed by atoms with Crippen molar-refractivity contribution in [1.29, 1.82) is 0 Å². The first-order valence-corrected chi connectivity index (χ1v) is 7.23. The molecule has 116 valence electrons. The fourth-order valence-electron chi connectivity index (χ4n) is 1.89. The van der Waals surface area contributed by atoms with Crippen LogP contribution in [0, 0.1) is 0 Å². The van der Waals surface area contributed by atoms with Gasteiger partial charge in [-0.05, 0) is 36.2 Å². The van der Waals surface area contributed by atoms with Gasteiger partial charge in [0.2, 0.25) is 0 Å². The molecule has 2 rings (SSSR count). The van der Waals surface area contributed by atoms with E-state index in [-0.39, 0.29) is 12.5 Å². The number of carbonyl (C=O) groups is 1. The van der Waals surface area contributed by atoms with Crippen LogP contribution in [0.4, 0.5) is 11.5 Å². The highest BCUT2D eigenvalue weighted by molar-refractivity contribution is 5.91. The minimum atomic E-state index is -0.209. The summed E-state index contributed by atoms with van der Waals surface area (Å²) in [6.07, 6.45) is 2.61. The Labute approximate surface area is 130 Å². The third-order valence-electron chi connectivity index (χ3n) is 3.19. The molecule has 0 spiro atoms. The molecule has 1 amide bonds. The van der Waals surface area contributed by atoms with Crippen LogP contribution in [0.2, 0.25) is 0 Å². The predicted molar refractivity (Wildman–Crippen MR) is 88.5 cm³/mol. The number of anilines is 2.